The second-order valence-corrected chi connectivity index (χ2v) is 6.62. The largest absolute Gasteiger partial charge is 0.440 e. The average Bonchev–Trinajstić information content (AvgIpc) is 2.69. The lowest BCUT2D eigenvalue weighted by molar-refractivity contribution is 0.277. The van der Waals surface area contributed by atoms with Gasteiger partial charge in [-0.1, -0.05) is 60.7 Å². The van der Waals surface area contributed by atoms with Gasteiger partial charge in [-0.25, -0.2) is 0 Å². The van der Waals surface area contributed by atoms with E-state index in [1.807, 2.05) is 36.4 Å². The van der Waals surface area contributed by atoms with E-state index in [0.29, 0.717) is 5.57 Å². The molecule has 0 amide bonds. The van der Waals surface area contributed by atoms with E-state index in [1.54, 1.807) is 0 Å². The van der Waals surface area contributed by atoms with Crippen LogP contribution in [0.15, 0.2) is 89.0 Å². The summed E-state index contributed by atoms with van der Waals surface area (Å²) in [7, 11) is 0. The van der Waals surface area contributed by atoms with Crippen molar-refractivity contribution in [3.8, 4) is 6.07 Å². The topological polar surface area (TPSA) is 59.0 Å². The highest BCUT2D eigenvalue weighted by molar-refractivity contribution is 5.62. The summed E-state index contributed by atoms with van der Waals surface area (Å²) in [6.45, 7) is 0. The molecule has 2 aromatic carbocycles. The highest BCUT2D eigenvalue weighted by Gasteiger charge is 2.35. The third-order valence-corrected chi connectivity index (χ3v) is 4.98. The summed E-state index contributed by atoms with van der Waals surface area (Å²) >= 11 is 0. The zero-order chi connectivity index (χ0) is 17.9. The van der Waals surface area contributed by atoms with Gasteiger partial charge in [0.05, 0.1) is 0 Å². The number of nitrogens with two attached hydrogens (primary N) is 1. The van der Waals surface area contributed by atoms with Crippen molar-refractivity contribution in [1.29, 1.82) is 5.26 Å². The molecule has 0 fully saturated rings. The van der Waals surface area contributed by atoms with Crippen LogP contribution in [0.2, 0.25) is 0 Å². The number of hydrogen-bond donors (Lipinski definition) is 1. The Labute approximate surface area is 153 Å². The lowest BCUT2D eigenvalue weighted by atomic mass is 9.77. The average molecular weight is 340 g/mol. The summed E-state index contributed by atoms with van der Waals surface area (Å²) in [6, 6.07) is 22.6. The molecule has 1 aliphatic carbocycles. The molecule has 0 saturated carbocycles. The molecule has 0 spiro atoms. The summed E-state index contributed by atoms with van der Waals surface area (Å²) in [5.74, 6) is 0.954. The normalized spacial score (nSPS) is 21.2. The summed E-state index contributed by atoms with van der Waals surface area (Å²) in [6.07, 6.45) is 5.08. The van der Waals surface area contributed by atoms with E-state index in [4.69, 9.17) is 10.5 Å². The Morgan fingerprint density at radius 1 is 1.00 bits per heavy atom. The maximum Gasteiger partial charge on any atom is 0.205 e. The third-order valence-electron chi connectivity index (χ3n) is 4.98. The van der Waals surface area contributed by atoms with Gasteiger partial charge in [0.1, 0.15) is 17.4 Å². The lowest BCUT2D eigenvalue weighted by Gasteiger charge is -2.33. The van der Waals surface area contributed by atoms with Gasteiger partial charge in [-0.3, -0.25) is 0 Å². The molecule has 1 atom stereocenters. The molecule has 0 bridgehead atoms. The lowest BCUT2D eigenvalue weighted by Crippen LogP contribution is -2.23. The fourth-order valence-electron chi connectivity index (χ4n) is 3.81. The van der Waals surface area contributed by atoms with Crippen LogP contribution in [0.5, 0.6) is 0 Å². The number of nitrogens with zero attached hydrogens (tertiary/aromatic N) is 1. The van der Waals surface area contributed by atoms with Crippen molar-refractivity contribution in [2.24, 2.45) is 5.73 Å². The van der Waals surface area contributed by atoms with Crippen LogP contribution >= 0.6 is 0 Å². The molecule has 2 aliphatic rings. The van der Waals surface area contributed by atoms with E-state index in [2.05, 4.69) is 36.4 Å². The Bertz CT molecular complexity index is 947. The number of hydrogen-bond acceptors (Lipinski definition) is 3. The van der Waals surface area contributed by atoms with Gasteiger partial charge in [-0.05, 0) is 47.6 Å². The highest BCUT2D eigenvalue weighted by atomic mass is 16.5. The Morgan fingerprint density at radius 2 is 1.69 bits per heavy atom. The van der Waals surface area contributed by atoms with Gasteiger partial charge < -0.3 is 10.5 Å². The first-order valence-electron chi connectivity index (χ1n) is 8.89. The zero-order valence-electron chi connectivity index (χ0n) is 14.5. The molecule has 2 N–H and O–H groups in total. The van der Waals surface area contributed by atoms with Gasteiger partial charge in [-0.15, -0.1) is 0 Å². The van der Waals surface area contributed by atoms with Gasteiger partial charge in [0.25, 0.3) is 0 Å². The van der Waals surface area contributed by atoms with Crippen LogP contribution in [0.4, 0.5) is 0 Å². The molecule has 0 aromatic heterocycles. The number of benzene rings is 2. The molecule has 1 unspecified atom stereocenters. The van der Waals surface area contributed by atoms with Crippen LogP contribution < -0.4 is 5.73 Å². The van der Waals surface area contributed by atoms with Crippen LogP contribution in [0.1, 0.15) is 36.3 Å². The second kappa shape index (κ2) is 6.93. The summed E-state index contributed by atoms with van der Waals surface area (Å²) in [4.78, 5) is 0. The SMILES string of the molecule is N#CC1=C(N)OC2=C(CCCC2=Cc2ccccc2)C1c1ccccc1. The Kier molecular flexibility index (Phi) is 4.33. The van der Waals surface area contributed by atoms with Gasteiger partial charge in [-0.2, -0.15) is 5.26 Å². The Balaban J connectivity index is 1.84. The molecule has 3 heteroatoms. The first kappa shape index (κ1) is 16.2. The molecular formula is C23H20N2O. The minimum atomic E-state index is -0.121. The molecule has 128 valence electrons. The van der Waals surface area contributed by atoms with Crippen LogP contribution in [-0.2, 0) is 4.74 Å². The van der Waals surface area contributed by atoms with Crippen LogP contribution in [0.25, 0.3) is 6.08 Å². The van der Waals surface area contributed by atoms with E-state index >= 15 is 0 Å². The van der Waals surface area contributed by atoms with Crippen molar-refractivity contribution < 1.29 is 4.74 Å². The van der Waals surface area contributed by atoms with E-state index in [9.17, 15) is 5.26 Å². The van der Waals surface area contributed by atoms with Crippen LogP contribution in [-0.4, -0.2) is 0 Å². The Morgan fingerprint density at radius 3 is 2.38 bits per heavy atom. The maximum absolute atomic E-state index is 9.68. The fraction of sp³-hybridized carbons (Fsp3) is 0.174. The molecule has 1 aliphatic heterocycles. The van der Waals surface area contributed by atoms with Crippen LogP contribution in [0, 0.1) is 11.3 Å². The van der Waals surface area contributed by atoms with Gasteiger partial charge >= 0.3 is 0 Å². The molecule has 4 rings (SSSR count). The minimum Gasteiger partial charge on any atom is -0.440 e. The fourth-order valence-corrected chi connectivity index (χ4v) is 3.81. The Hall–Kier alpha value is -3.25. The van der Waals surface area contributed by atoms with Crippen molar-refractivity contribution in [1.82, 2.24) is 0 Å². The predicted molar refractivity (Wildman–Crippen MR) is 102 cm³/mol. The molecule has 2 aromatic rings. The van der Waals surface area contributed by atoms with Crippen molar-refractivity contribution >= 4 is 6.08 Å². The van der Waals surface area contributed by atoms with Gasteiger partial charge in [0.2, 0.25) is 5.88 Å². The maximum atomic E-state index is 9.68. The predicted octanol–water partition coefficient (Wildman–Crippen LogP) is 5.02. The van der Waals surface area contributed by atoms with Crippen molar-refractivity contribution in [2.45, 2.75) is 25.2 Å². The van der Waals surface area contributed by atoms with Gasteiger partial charge in [0, 0.05) is 5.92 Å². The summed E-state index contributed by atoms with van der Waals surface area (Å²) in [5.41, 5.74) is 11.2. The highest BCUT2D eigenvalue weighted by Crippen LogP contribution is 2.46. The zero-order valence-corrected chi connectivity index (χ0v) is 14.5. The monoisotopic (exact) mass is 340 g/mol. The van der Waals surface area contributed by atoms with Crippen molar-refractivity contribution in [3.63, 3.8) is 0 Å². The molecular weight excluding hydrogens is 320 g/mol. The molecule has 0 saturated heterocycles. The van der Waals surface area contributed by atoms with E-state index in [-0.39, 0.29) is 11.8 Å². The molecule has 0 radical (unpaired) electrons. The smallest absolute Gasteiger partial charge is 0.205 e. The number of nitriles is 1. The van der Waals surface area contributed by atoms with Crippen LogP contribution in [0.3, 0.4) is 0 Å². The third kappa shape index (κ3) is 2.91. The van der Waals surface area contributed by atoms with Gasteiger partial charge in [0.15, 0.2) is 0 Å². The first-order chi connectivity index (χ1) is 12.8. The minimum absolute atomic E-state index is 0.121. The molecule has 1 heterocycles. The number of rotatable bonds is 2. The van der Waals surface area contributed by atoms with Crippen molar-refractivity contribution in [2.75, 3.05) is 0 Å². The van der Waals surface area contributed by atoms with E-state index < -0.39 is 0 Å². The summed E-state index contributed by atoms with van der Waals surface area (Å²) in [5, 5.41) is 9.68. The second-order valence-electron chi connectivity index (χ2n) is 6.62. The number of ether oxygens (including phenoxy) is 1. The van der Waals surface area contributed by atoms with E-state index in [0.717, 1.165) is 47.3 Å². The van der Waals surface area contributed by atoms with E-state index in [1.165, 1.54) is 0 Å². The quantitative estimate of drug-likeness (QED) is 0.835. The molecule has 26 heavy (non-hydrogen) atoms. The van der Waals surface area contributed by atoms with Crippen molar-refractivity contribution in [3.05, 3.63) is 100 Å². The first-order valence-corrected chi connectivity index (χ1v) is 8.89. The standard InChI is InChI=1S/C23H20N2O/c24-15-20-21(17-10-5-2-6-11-17)19-13-7-12-18(22(19)26-23(20)25)14-16-8-3-1-4-9-16/h1-6,8-11,14,21H,7,12-13,25H2. The number of allylic oxidation sites excluding steroid dienone is 3. The summed E-state index contributed by atoms with van der Waals surface area (Å²) < 4.78 is 5.98. The molecule has 3 nitrogen and oxygen atoms in total.